The van der Waals surface area contributed by atoms with Gasteiger partial charge in [0.05, 0.1) is 27.2 Å². The lowest BCUT2D eigenvalue weighted by molar-refractivity contribution is -0.384. The quantitative estimate of drug-likeness (QED) is 0.308. The number of anilines is 1. The van der Waals surface area contributed by atoms with Gasteiger partial charge in [0.15, 0.2) is 0 Å². The third-order valence-electron chi connectivity index (χ3n) is 4.85. The van der Waals surface area contributed by atoms with Gasteiger partial charge < -0.3 is 0 Å². The van der Waals surface area contributed by atoms with Crippen molar-refractivity contribution in [1.82, 2.24) is 0 Å². The summed E-state index contributed by atoms with van der Waals surface area (Å²) < 4.78 is -0.317. The van der Waals surface area contributed by atoms with Crippen LogP contribution in [0.5, 0.6) is 0 Å². The molecule has 0 amide bonds. The molecular weight excluding hydrogens is 418 g/mol. The van der Waals surface area contributed by atoms with Crippen molar-refractivity contribution < 1.29 is 4.92 Å². The van der Waals surface area contributed by atoms with Gasteiger partial charge in [0.2, 0.25) is 0 Å². The van der Waals surface area contributed by atoms with E-state index in [0.717, 1.165) is 23.4 Å². The van der Waals surface area contributed by atoms with Crippen LogP contribution in [0, 0.1) is 10.1 Å². The second-order valence-electron chi connectivity index (χ2n) is 6.75. The summed E-state index contributed by atoms with van der Waals surface area (Å²) in [5.74, 6) is 0. The van der Waals surface area contributed by atoms with Crippen LogP contribution in [0.3, 0.4) is 0 Å². The fourth-order valence-electron chi connectivity index (χ4n) is 3.39. The van der Waals surface area contributed by atoms with Crippen LogP contribution in [0.1, 0.15) is 17.5 Å². The van der Waals surface area contributed by atoms with Gasteiger partial charge in [0.1, 0.15) is 0 Å². The number of halogens is 1. The highest BCUT2D eigenvalue weighted by Gasteiger charge is 2.37. The van der Waals surface area contributed by atoms with Gasteiger partial charge >= 0.3 is 0 Å². The van der Waals surface area contributed by atoms with E-state index < -0.39 is 4.92 Å². The monoisotopic (exact) mass is 435 g/mol. The molecule has 0 saturated carbocycles. The van der Waals surface area contributed by atoms with Crippen LogP contribution in [0.4, 0.5) is 11.4 Å². The number of nitro groups is 1. The molecule has 0 radical (unpaired) electrons. The van der Waals surface area contributed by atoms with Crippen LogP contribution < -0.4 is 5.01 Å². The molecule has 5 nitrogen and oxygen atoms in total. The molecule has 4 rings (SSSR count). The summed E-state index contributed by atoms with van der Waals surface area (Å²) in [6.07, 6.45) is 0.741. The highest BCUT2D eigenvalue weighted by molar-refractivity contribution is 9.09. The minimum absolute atomic E-state index is 0.0705. The lowest BCUT2D eigenvalue weighted by Crippen LogP contribution is -2.41. The number of hydrogen-bond acceptors (Lipinski definition) is 4. The zero-order valence-electron chi connectivity index (χ0n) is 15.0. The predicted molar refractivity (Wildman–Crippen MR) is 115 cm³/mol. The molecule has 0 aromatic heterocycles. The summed E-state index contributed by atoms with van der Waals surface area (Å²) in [7, 11) is 0. The maximum absolute atomic E-state index is 11.0. The van der Waals surface area contributed by atoms with E-state index >= 15 is 0 Å². The smallest absolute Gasteiger partial charge is 0.263 e. The molecule has 0 bridgehead atoms. The second kappa shape index (κ2) is 7.56. The predicted octanol–water partition coefficient (Wildman–Crippen LogP) is 5.50. The van der Waals surface area contributed by atoms with Gasteiger partial charge in [-0.1, -0.05) is 76.6 Å². The molecule has 6 heteroatoms. The first kappa shape index (κ1) is 18.4. The molecule has 0 saturated heterocycles. The van der Waals surface area contributed by atoms with Crippen LogP contribution in [0.25, 0.3) is 0 Å². The van der Waals surface area contributed by atoms with Crippen molar-refractivity contribution in [3.8, 4) is 0 Å². The van der Waals surface area contributed by atoms with Gasteiger partial charge in [-0.15, -0.1) is 0 Å². The zero-order valence-corrected chi connectivity index (χ0v) is 16.6. The molecule has 140 valence electrons. The third kappa shape index (κ3) is 3.68. The van der Waals surface area contributed by atoms with Crippen molar-refractivity contribution in [1.29, 1.82) is 0 Å². The standard InChI is InChI=1S/C22H18BrN3O2/c23-22(18-9-5-2-6-10-18)15-21(17-7-3-1-4-8-17)24-25(16-22)19-11-13-20(14-12-19)26(27)28/h1-14H,15-16H2. The topological polar surface area (TPSA) is 58.7 Å². The Balaban J connectivity index is 1.76. The van der Waals surface area contributed by atoms with Crippen molar-refractivity contribution >= 4 is 33.0 Å². The van der Waals surface area contributed by atoms with Crippen molar-refractivity contribution in [2.45, 2.75) is 10.7 Å². The summed E-state index contributed by atoms with van der Waals surface area (Å²) in [5, 5.41) is 17.8. The van der Waals surface area contributed by atoms with E-state index in [9.17, 15) is 10.1 Å². The SMILES string of the molecule is O=[N+]([O-])c1ccc(N2CC(Br)(c3ccccc3)CC(c3ccccc3)=N2)cc1. The summed E-state index contributed by atoms with van der Waals surface area (Å²) in [6, 6.07) is 26.9. The maximum Gasteiger partial charge on any atom is 0.269 e. The highest BCUT2D eigenvalue weighted by Crippen LogP contribution is 2.41. The molecule has 0 fully saturated rings. The summed E-state index contributed by atoms with van der Waals surface area (Å²) >= 11 is 3.99. The number of hydrazone groups is 1. The van der Waals surface area contributed by atoms with Crippen molar-refractivity contribution in [3.63, 3.8) is 0 Å². The zero-order chi connectivity index (χ0) is 19.6. The third-order valence-corrected chi connectivity index (χ3v) is 5.84. The number of alkyl halides is 1. The Morgan fingerprint density at radius 2 is 1.54 bits per heavy atom. The molecule has 1 heterocycles. The van der Waals surface area contributed by atoms with Crippen molar-refractivity contribution in [2.24, 2.45) is 5.10 Å². The highest BCUT2D eigenvalue weighted by atomic mass is 79.9. The Kier molecular flexibility index (Phi) is 4.96. The van der Waals surface area contributed by atoms with E-state index in [4.69, 9.17) is 5.10 Å². The first-order valence-electron chi connectivity index (χ1n) is 8.94. The molecule has 1 atom stereocenters. The molecule has 0 aliphatic carbocycles. The minimum Gasteiger partial charge on any atom is -0.263 e. The van der Waals surface area contributed by atoms with Gasteiger partial charge in [-0.25, -0.2) is 0 Å². The number of rotatable bonds is 4. The fourth-order valence-corrected chi connectivity index (χ4v) is 4.16. The van der Waals surface area contributed by atoms with E-state index in [0.29, 0.717) is 6.54 Å². The Bertz CT molecular complexity index is 1010. The summed E-state index contributed by atoms with van der Waals surface area (Å²) in [5.41, 5.74) is 4.09. The van der Waals surface area contributed by atoms with Gasteiger partial charge in [0.25, 0.3) is 5.69 Å². The molecule has 3 aromatic rings. The summed E-state index contributed by atoms with van der Waals surface area (Å²) in [4.78, 5) is 10.6. The molecule has 0 N–H and O–H groups in total. The Morgan fingerprint density at radius 3 is 2.14 bits per heavy atom. The van der Waals surface area contributed by atoms with Crippen LogP contribution in [-0.4, -0.2) is 17.2 Å². The first-order valence-corrected chi connectivity index (χ1v) is 9.74. The maximum atomic E-state index is 11.0. The molecule has 1 unspecified atom stereocenters. The van der Waals surface area contributed by atoms with E-state index in [1.807, 2.05) is 41.4 Å². The van der Waals surface area contributed by atoms with Gasteiger partial charge in [0, 0.05) is 18.6 Å². The molecule has 28 heavy (non-hydrogen) atoms. The van der Waals surface area contributed by atoms with E-state index in [2.05, 4.69) is 40.2 Å². The Morgan fingerprint density at radius 1 is 0.929 bits per heavy atom. The number of nitrogens with zero attached hydrogens (tertiary/aromatic N) is 3. The largest absolute Gasteiger partial charge is 0.269 e. The molecule has 0 spiro atoms. The van der Waals surface area contributed by atoms with Crippen molar-refractivity contribution in [2.75, 3.05) is 11.6 Å². The summed E-state index contributed by atoms with van der Waals surface area (Å²) in [6.45, 7) is 0.616. The van der Waals surface area contributed by atoms with Crippen LogP contribution in [-0.2, 0) is 4.32 Å². The number of hydrogen-bond donors (Lipinski definition) is 0. The van der Waals surface area contributed by atoms with Gasteiger partial charge in [-0.3, -0.25) is 15.1 Å². The minimum atomic E-state index is -0.391. The number of nitro benzene ring substituents is 1. The lowest BCUT2D eigenvalue weighted by Gasteiger charge is -2.38. The second-order valence-corrected chi connectivity index (χ2v) is 8.27. The van der Waals surface area contributed by atoms with Gasteiger partial charge in [-0.05, 0) is 23.3 Å². The van der Waals surface area contributed by atoms with Crippen LogP contribution >= 0.6 is 15.9 Å². The van der Waals surface area contributed by atoms with Crippen molar-refractivity contribution in [3.05, 3.63) is 106 Å². The Labute approximate surface area is 171 Å². The molecule has 1 aliphatic rings. The number of benzene rings is 3. The van der Waals surface area contributed by atoms with E-state index in [1.165, 1.54) is 17.7 Å². The fraction of sp³-hybridized carbons (Fsp3) is 0.136. The van der Waals surface area contributed by atoms with Gasteiger partial charge in [-0.2, -0.15) is 5.10 Å². The average molecular weight is 436 g/mol. The first-order chi connectivity index (χ1) is 13.5. The van der Waals surface area contributed by atoms with E-state index in [1.54, 1.807) is 12.1 Å². The van der Waals surface area contributed by atoms with Crippen LogP contribution in [0.15, 0.2) is 90.0 Å². The number of non-ortho nitro benzene ring substituents is 1. The average Bonchev–Trinajstić information content (AvgIpc) is 2.75. The molecule has 1 aliphatic heterocycles. The normalized spacial score (nSPS) is 19.2. The molecular formula is C22H18BrN3O2. The molecule has 3 aromatic carbocycles. The van der Waals surface area contributed by atoms with E-state index in [-0.39, 0.29) is 10.0 Å². The Hall–Kier alpha value is -2.99. The van der Waals surface area contributed by atoms with Crippen LogP contribution in [0.2, 0.25) is 0 Å². The lowest BCUT2D eigenvalue weighted by atomic mass is 9.89.